The van der Waals surface area contributed by atoms with E-state index >= 15 is 0 Å². The Kier molecular flexibility index (Phi) is 7.16. The third-order valence-corrected chi connectivity index (χ3v) is 5.50. The maximum Gasteiger partial charge on any atom is 0.240 e. The molecule has 2 N–H and O–H groups in total. The zero-order valence-electron chi connectivity index (χ0n) is 14.5. The van der Waals surface area contributed by atoms with Gasteiger partial charge in [-0.2, -0.15) is 0 Å². The molecule has 0 aliphatic carbocycles. The van der Waals surface area contributed by atoms with Crippen LogP contribution in [0.5, 0.6) is 0 Å². The lowest BCUT2D eigenvalue weighted by Gasteiger charge is -2.13. The molecule has 0 aliphatic rings. The Morgan fingerprint density at radius 1 is 1.15 bits per heavy atom. The van der Waals surface area contributed by atoms with Crippen LogP contribution in [0, 0.1) is 0 Å². The van der Waals surface area contributed by atoms with Gasteiger partial charge in [-0.05, 0) is 42.8 Å². The van der Waals surface area contributed by atoms with Gasteiger partial charge in [0, 0.05) is 23.9 Å². The molecule has 0 radical (unpaired) electrons. The fourth-order valence-electron chi connectivity index (χ4n) is 2.35. The fraction of sp³-hybridized carbons (Fsp3) is 0.278. The number of carbonyl (C=O) groups excluding carboxylic acids is 1. The van der Waals surface area contributed by atoms with Crippen molar-refractivity contribution >= 4 is 33.2 Å². The van der Waals surface area contributed by atoms with Gasteiger partial charge in [-0.3, -0.25) is 4.79 Å². The number of hydrogen-bond acceptors (Lipinski definition) is 4. The maximum absolute atomic E-state index is 12.3. The summed E-state index contributed by atoms with van der Waals surface area (Å²) in [5.74, 6) is -0.236. The summed E-state index contributed by atoms with van der Waals surface area (Å²) in [5, 5.41) is 3.25. The molecule has 0 heterocycles. The first-order chi connectivity index (χ1) is 12.3. The fourth-order valence-corrected chi connectivity index (χ4v) is 3.79. The number of ether oxygens (including phenoxy) is 1. The van der Waals surface area contributed by atoms with E-state index < -0.39 is 10.0 Å². The lowest BCUT2D eigenvalue weighted by molar-refractivity contribution is -0.115. The van der Waals surface area contributed by atoms with E-state index in [-0.39, 0.29) is 29.9 Å². The number of hydrogen-bond donors (Lipinski definition) is 2. The lowest BCUT2D eigenvalue weighted by Crippen LogP contribution is -2.35. The second-order valence-electron chi connectivity index (χ2n) is 5.82. The van der Waals surface area contributed by atoms with E-state index in [4.69, 9.17) is 16.3 Å². The molecule has 0 spiro atoms. The van der Waals surface area contributed by atoms with Crippen molar-refractivity contribution in [2.45, 2.75) is 24.3 Å². The summed E-state index contributed by atoms with van der Waals surface area (Å²) in [5.41, 5.74) is 1.23. The Morgan fingerprint density at radius 3 is 2.42 bits per heavy atom. The molecule has 0 aliphatic heterocycles. The number of anilines is 1. The minimum absolute atomic E-state index is 0.115. The minimum Gasteiger partial charge on any atom is -0.383 e. The van der Waals surface area contributed by atoms with Crippen LogP contribution in [0.15, 0.2) is 53.4 Å². The van der Waals surface area contributed by atoms with E-state index in [9.17, 15) is 13.2 Å². The smallest absolute Gasteiger partial charge is 0.240 e. The van der Waals surface area contributed by atoms with Crippen molar-refractivity contribution in [2.75, 3.05) is 19.0 Å². The van der Waals surface area contributed by atoms with Gasteiger partial charge in [-0.1, -0.05) is 29.8 Å². The number of amides is 1. The zero-order valence-corrected chi connectivity index (χ0v) is 16.1. The Balaban J connectivity index is 2.01. The first-order valence-corrected chi connectivity index (χ1v) is 9.82. The molecule has 26 heavy (non-hydrogen) atoms. The molecule has 1 atom stereocenters. The molecule has 1 amide bonds. The van der Waals surface area contributed by atoms with Crippen LogP contribution < -0.4 is 10.0 Å². The van der Waals surface area contributed by atoms with Gasteiger partial charge in [0.05, 0.1) is 17.9 Å². The van der Waals surface area contributed by atoms with Gasteiger partial charge < -0.3 is 10.1 Å². The molecule has 2 aromatic rings. The van der Waals surface area contributed by atoms with E-state index in [0.717, 1.165) is 5.56 Å². The lowest BCUT2D eigenvalue weighted by atomic mass is 10.1. The number of rotatable bonds is 8. The van der Waals surface area contributed by atoms with E-state index in [1.165, 1.54) is 19.2 Å². The number of methoxy groups -OCH3 is 1. The molecule has 0 saturated carbocycles. The van der Waals surface area contributed by atoms with Crippen molar-refractivity contribution in [3.8, 4) is 0 Å². The third-order valence-electron chi connectivity index (χ3n) is 3.53. The number of nitrogens with one attached hydrogen (secondary N) is 2. The first-order valence-electron chi connectivity index (χ1n) is 7.96. The highest BCUT2D eigenvalue weighted by atomic mass is 35.5. The normalized spacial score (nSPS) is 12.6. The molecule has 140 valence electrons. The average molecular weight is 397 g/mol. The molecule has 8 heteroatoms. The predicted octanol–water partition coefficient (Wildman–Crippen LogP) is 2.83. The van der Waals surface area contributed by atoms with Crippen molar-refractivity contribution in [2.24, 2.45) is 0 Å². The highest BCUT2D eigenvalue weighted by molar-refractivity contribution is 7.89. The van der Waals surface area contributed by atoms with Gasteiger partial charge in [0.2, 0.25) is 15.9 Å². The third kappa shape index (κ3) is 5.81. The molecule has 2 rings (SSSR count). The van der Waals surface area contributed by atoms with Gasteiger partial charge in [0.1, 0.15) is 0 Å². The summed E-state index contributed by atoms with van der Waals surface area (Å²) in [6.45, 7) is 1.99. The van der Waals surface area contributed by atoms with Crippen LogP contribution in [0.25, 0.3) is 0 Å². The minimum atomic E-state index is -3.64. The van der Waals surface area contributed by atoms with Crippen molar-refractivity contribution in [3.63, 3.8) is 0 Å². The molecule has 0 fully saturated rings. The predicted molar refractivity (Wildman–Crippen MR) is 102 cm³/mol. The van der Waals surface area contributed by atoms with Crippen molar-refractivity contribution in [3.05, 3.63) is 59.1 Å². The summed E-state index contributed by atoms with van der Waals surface area (Å²) in [6, 6.07) is 12.7. The number of carbonyl (C=O) groups is 1. The second kappa shape index (κ2) is 9.14. The number of halogens is 1. The van der Waals surface area contributed by atoms with Crippen LogP contribution in [-0.4, -0.2) is 34.1 Å². The molecule has 0 saturated heterocycles. The quantitative estimate of drug-likeness (QED) is 0.718. The largest absolute Gasteiger partial charge is 0.383 e. The average Bonchev–Trinajstić information content (AvgIpc) is 2.57. The number of benzene rings is 2. The topological polar surface area (TPSA) is 84.5 Å². The van der Waals surface area contributed by atoms with Crippen LogP contribution in [0.3, 0.4) is 0 Å². The SMILES string of the molecule is COCC(C)NS(=O)(=O)c1ccc(NC(=O)Cc2ccccc2Cl)cc1. The monoisotopic (exact) mass is 396 g/mol. The molecule has 2 aromatic carbocycles. The summed E-state index contributed by atoms with van der Waals surface area (Å²) in [6.07, 6.45) is 0.135. The molecule has 0 aromatic heterocycles. The summed E-state index contributed by atoms with van der Waals surface area (Å²) < 4.78 is 32.0. The van der Waals surface area contributed by atoms with E-state index in [0.29, 0.717) is 10.7 Å². The van der Waals surface area contributed by atoms with E-state index in [1.807, 2.05) is 6.07 Å². The summed E-state index contributed by atoms with van der Waals surface area (Å²) in [7, 11) is -2.14. The molecular weight excluding hydrogens is 376 g/mol. The Bertz CT molecular complexity index is 854. The van der Waals surface area contributed by atoms with Gasteiger partial charge in [0.15, 0.2) is 0 Å². The van der Waals surface area contributed by atoms with Gasteiger partial charge in [0.25, 0.3) is 0 Å². The van der Waals surface area contributed by atoms with Crippen LogP contribution in [0.4, 0.5) is 5.69 Å². The second-order valence-corrected chi connectivity index (χ2v) is 7.94. The first kappa shape index (κ1) is 20.4. The summed E-state index contributed by atoms with van der Waals surface area (Å²) >= 11 is 6.04. The van der Waals surface area contributed by atoms with E-state index in [2.05, 4.69) is 10.0 Å². The Hall–Kier alpha value is -1.93. The number of sulfonamides is 1. The van der Waals surface area contributed by atoms with Crippen molar-refractivity contribution < 1.29 is 17.9 Å². The molecule has 1 unspecified atom stereocenters. The Morgan fingerprint density at radius 2 is 1.81 bits per heavy atom. The highest BCUT2D eigenvalue weighted by Gasteiger charge is 2.17. The zero-order chi connectivity index (χ0) is 19.2. The van der Waals surface area contributed by atoms with Crippen LogP contribution in [0.2, 0.25) is 5.02 Å². The molecule has 6 nitrogen and oxygen atoms in total. The van der Waals surface area contributed by atoms with Crippen LogP contribution in [-0.2, 0) is 26.0 Å². The van der Waals surface area contributed by atoms with Crippen LogP contribution >= 0.6 is 11.6 Å². The van der Waals surface area contributed by atoms with Crippen molar-refractivity contribution in [1.29, 1.82) is 0 Å². The Labute approximate surface area is 158 Å². The molecular formula is C18H21ClN2O4S. The van der Waals surface area contributed by atoms with Gasteiger partial charge in [-0.15, -0.1) is 0 Å². The maximum atomic E-state index is 12.3. The standard InChI is InChI=1S/C18H21ClN2O4S/c1-13(12-25-2)21-26(23,24)16-9-7-15(8-10-16)20-18(22)11-14-5-3-4-6-17(14)19/h3-10,13,21H,11-12H2,1-2H3,(H,20,22). The van der Waals surface area contributed by atoms with Crippen LogP contribution in [0.1, 0.15) is 12.5 Å². The summed E-state index contributed by atoms with van der Waals surface area (Å²) in [4.78, 5) is 12.2. The highest BCUT2D eigenvalue weighted by Crippen LogP contribution is 2.18. The van der Waals surface area contributed by atoms with Gasteiger partial charge in [-0.25, -0.2) is 13.1 Å². The van der Waals surface area contributed by atoms with Gasteiger partial charge >= 0.3 is 0 Å². The van der Waals surface area contributed by atoms with E-state index in [1.54, 1.807) is 37.3 Å². The van der Waals surface area contributed by atoms with Crippen molar-refractivity contribution in [1.82, 2.24) is 4.72 Å². The molecule has 0 bridgehead atoms.